The molecule has 0 aliphatic heterocycles. The third kappa shape index (κ3) is 4.29. The molecule has 4 nitrogen and oxygen atoms in total. The standard InChI is InChI=1S/C18H17NO3S/c1-13-6-8-14(9-7-13)21-11-10-18(20)22-12-17-19-15-4-2-3-5-16(15)23-17/h2-9H,10-12H2,1H3. The monoisotopic (exact) mass is 327 g/mol. The van der Waals surface area contributed by atoms with Gasteiger partial charge in [-0.2, -0.15) is 0 Å². The number of thiazole rings is 1. The van der Waals surface area contributed by atoms with Crippen molar-refractivity contribution in [1.82, 2.24) is 4.98 Å². The number of benzene rings is 2. The van der Waals surface area contributed by atoms with Crippen molar-refractivity contribution in [2.24, 2.45) is 0 Å². The lowest BCUT2D eigenvalue weighted by Crippen LogP contribution is -2.09. The van der Waals surface area contributed by atoms with Gasteiger partial charge in [0.15, 0.2) is 0 Å². The number of para-hydroxylation sites is 1. The van der Waals surface area contributed by atoms with Crippen LogP contribution in [0.25, 0.3) is 10.2 Å². The van der Waals surface area contributed by atoms with Crippen molar-refractivity contribution in [1.29, 1.82) is 0 Å². The molecule has 0 unspecified atom stereocenters. The van der Waals surface area contributed by atoms with Crippen LogP contribution in [-0.2, 0) is 16.1 Å². The summed E-state index contributed by atoms with van der Waals surface area (Å²) in [5.41, 5.74) is 2.11. The quantitative estimate of drug-likeness (QED) is 0.639. The lowest BCUT2D eigenvalue weighted by Gasteiger charge is -2.06. The largest absolute Gasteiger partial charge is 0.493 e. The maximum atomic E-state index is 11.8. The van der Waals surface area contributed by atoms with E-state index in [-0.39, 0.29) is 19.0 Å². The molecule has 5 heteroatoms. The highest BCUT2D eigenvalue weighted by atomic mass is 32.1. The number of rotatable bonds is 6. The van der Waals surface area contributed by atoms with Gasteiger partial charge in [0.2, 0.25) is 0 Å². The molecular weight excluding hydrogens is 310 g/mol. The molecule has 0 spiro atoms. The summed E-state index contributed by atoms with van der Waals surface area (Å²) in [5.74, 6) is 0.478. The van der Waals surface area contributed by atoms with Gasteiger partial charge in [0, 0.05) is 0 Å². The van der Waals surface area contributed by atoms with Crippen LogP contribution in [0.3, 0.4) is 0 Å². The Kier molecular flexibility index (Phi) is 4.88. The van der Waals surface area contributed by atoms with Gasteiger partial charge in [-0.3, -0.25) is 4.79 Å². The van der Waals surface area contributed by atoms with Crippen LogP contribution in [0.5, 0.6) is 5.75 Å². The summed E-state index contributed by atoms with van der Waals surface area (Å²) in [6.45, 7) is 2.54. The molecule has 0 amide bonds. The summed E-state index contributed by atoms with van der Waals surface area (Å²) in [5, 5.41) is 0.805. The van der Waals surface area contributed by atoms with Gasteiger partial charge >= 0.3 is 5.97 Å². The highest BCUT2D eigenvalue weighted by molar-refractivity contribution is 7.18. The van der Waals surface area contributed by atoms with Gasteiger partial charge in [-0.25, -0.2) is 4.98 Å². The highest BCUT2D eigenvalue weighted by Crippen LogP contribution is 2.22. The molecule has 0 saturated carbocycles. The zero-order valence-corrected chi connectivity index (χ0v) is 13.6. The molecule has 23 heavy (non-hydrogen) atoms. The van der Waals surface area contributed by atoms with Crippen molar-refractivity contribution >= 4 is 27.5 Å². The second kappa shape index (κ2) is 7.24. The molecule has 0 bridgehead atoms. The van der Waals surface area contributed by atoms with Crippen LogP contribution in [0.4, 0.5) is 0 Å². The number of hydrogen-bond donors (Lipinski definition) is 0. The summed E-state index contributed by atoms with van der Waals surface area (Å²) in [6, 6.07) is 15.6. The van der Waals surface area contributed by atoms with E-state index in [0.29, 0.717) is 6.61 Å². The molecule has 0 saturated heterocycles. The van der Waals surface area contributed by atoms with Gasteiger partial charge in [-0.05, 0) is 31.2 Å². The number of esters is 1. The Hall–Kier alpha value is -2.40. The van der Waals surface area contributed by atoms with Crippen LogP contribution in [-0.4, -0.2) is 17.6 Å². The predicted octanol–water partition coefficient (Wildman–Crippen LogP) is 4.12. The third-order valence-corrected chi connectivity index (χ3v) is 4.30. The molecule has 0 aliphatic carbocycles. The van der Waals surface area contributed by atoms with Crippen molar-refractivity contribution < 1.29 is 14.3 Å². The molecule has 118 valence electrons. The van der Waals surface area contributed by atoms with E-state index >= 15 is 0 Å². The van der Waals surface area contributed by atoms with Gasteiger partial charge in [-0.15, -0.1) is 11.3 Å². The van der Waals surface area contributed by atoms with Crippen molar-refractivity contribution in [3.63, 3.8) is 0 Å². The van der Waals surface area contributed by atoms with Gasteiger partial charge < -0.3 is 9.47 Å². The average Bonchev–Trinajstić information content (AvgIpc) is 2.98. The Morgan fingerprint density at radius 1 is 1.13 bits per heavy atom. The number of fused-ring (bicyclic) bond motifs is 1. The fraction of sp³-hybridized carbons (Fsp3) is 0.222. The van der Waals surface area contributed by atoms with E-state index in [1.165, 1.54) is 5.56 Å². The second-order valence-electron chi connectivity index (χ2n) is 5.15. The molecule has 3 rings (SSSR count). The van der Waals surface area contributed by atoms with E-state index in [1.807, 2.05) is 55.5 Å². The Morgan fingerprint density at radius 3 is 2.70 bits per heavy atom. The van der Waals surface area contributed by atoms with Gasteiger partial charge in [0.1, 0.15) is 17.4 Å². The number of aryl methyl sites for hydroxylation is 1. The third-order valence-electron chi connectivity index (χ3n) is 3.29. The second-order valence-corrected chi connectivity index (χ2v) is 6.26. The maximum Gasteiger partial charge on any atom is 0.309 e. The molecule has 0 fully saturated rings. The normalized spacial score (nSPS) is 10.7. The maximum absolute atomic E-state index is 11.8. The minimum absolute atomic E-state index is 0.211. The minimum atomic E-state index is -0.281. The van der Waals surface area contributed by atoms with E-state index in [0.717, 1.165) is 21.0 Å². The predicted molar refractivity (Wildman–Crippen MR) is 90.7 cm³/mol. The van der Waals surface area contributed by atoms with Crippen LogP contribution in [0, 0.1) is 6.92 Å². The fourth-order valence-corrected chi connectivity index (χ4v) is 2.96. The summed E-state index contributed by atoms with van der Waals surface area (Å²) in [6.07, 6.45) is 0.221. The summed E-state index contributed by atoms with van der Waals surface area (Å²) in [7, 11) is 0. The minimum Gasteiger partial charge on any atom is -0.493 e. The molecule has 1 aromatic heterocycles. The Balaban J connectivity index is 1.43. The molecule has 1 heterocycles. The number of carbonyl (C=O) groups is 1. The first kappa shape index (κ1) is 15.5. The molecule has 0 radical (unpaired) electrons. The first-order chi connectivity index (χ1) is 11.2. The van der Waals surface area contributed by atoms with Crippen molar-refractivity contribution in [2.45, 2.75) is 20.0 Å². The number of carbonyl (C=O) groups excluding carboxylic acids is 1. The highest BCUT2D eigenvalue weighted by Gasteiger charge is 2.08. The first-order valence-electron chi connectivity index (χ1n) is 7.40. The number of hydrogen-bond acceptors (Lipinski definition) is 5. The number of ether oxygens (including phenoxy) is 2. The van der Waals surface area contributed by atoms with Crippen LogP contribution in [0.2, 0.25) is 0 Å². The van der Waals surface area contributed by atoms with Crippen LogP contribution < -0.4 is 4.74 Å². The zero-order valence-electron chi connectivity index (χ0n) is 12.8. The SMILES string of the molecule is Cc1ccc(OCCC(=O)OCc2nc3ccccc3s2)cc1. The first-order valence-corrected chi connectivity index (χ1v) is 8.22. The van der Waals surface area contributed by atoms with E-state index in [4.69, 9.17) is 9.47 Å². The number of nitrogens with zero attached hydrogens (tertiary/aromatic N) is 1. The van der Waals surface area contributed by atoms with Crippen LogP contribution in [0.1, 0.15) is 17.0 Å². The van der Waals surface area contributed by atoms with E-state index in [2.05, 4.69) is 4.98 Å². The topological polar surface area (TPSA) is 48.4 Å². The molecule has 0 N–H and O–H groups in total. The summed E-state index contributed by atoms with van der Waals surface area (Å²) < 4.78 is 11.9. The average molecular weight is 327 g/mol. The number of aromatic nitrogens is 1. The summed E-state index contributed by atoms with van der Waals surface area (Å²) in [4.78, 5) is 16.2. The van der Waals surface area contributed by atoms with E-state index in [9.17, 15) is 4.79 Å². The lowest BCUT2D eigenvalue weighted by atomic mass is 10.2. The fourth-order valence-electron chi connectivity index (χ4n) is 2.08. The van der Waals surface area contributed by atoms with Gasteiger partial charge in [-0.1, -0.05) is 29.8 Å². The van der Waals surface area contributed by atoms with Crippen molar-refractivity contribution in [3.05, 3.63) is 59.1 Å². The van der Waals surface area contributed by atoms with Crippen molar-refractivity contribution in [3.8, 4) is 5.75 Å². The summed E-state index contributed by atoms with van der Waals surface area (Å²) >= 11 is 1.54. The Morgan fingerprint density at radius 2 is 1.91 bits per heavy atom. The van der Waals surface area contributed by atoms with Crippen LogP contribution >= 0.6 is 11.3 Å². The molecule has 0 aliphatic rings. The van der Waals surface area contributed by atoms with Gasteiger partial charge in [0.05, 0.1) is 23.2 Å². The zero-order chi connectivity index (χ0) is 16.1. The van der Waals surface area contributed by atoms with E-state index < -0.39 is 0 Å². The Bertz CT molecular complexity index is 762. The van der Waals surface area contributed by atoms with Crippen LogP contribution in [0.15, 0.2) is 48.5 Å². The smallest absolute Gasteiger partial charge is 0.309 e. The molecule has 2 aromatic carbocycles. The lowest BCUT2D eigenvalue weighted by molar-refractivity contribution is -0.145. The van der Waals surface area contributed by atoms with Gasteiger partial charge in [0.25, 0.3) is 0 Å². The van der Waals surface area contributed by atoms with Crippen molar-refractivity contribution in [2.75, 3.05) is 6.61 Å². The molecule has 3 aromatic rings. The molecule has 0 atom stereocenters. The van der Waals surface area contributed by atoms with E-state index in [1.54, 1.807) is 11.3 Å². The molecular formula is C18H17NO3S. The Labute approximate surface area is 138 Å².